The molecule has 0 bridgehead atoms. The summed E-state index contributed by atoms with van der Waals surface area (Å²) in [6.07, 6.45) is 0.887. The molecule has 1 unspecified atom stereocenters. The van der Waals surface area contributed by atoms with Gasteiger partial charge in [-0.3, -0.25) is 4.79 Å². The second-order valence-corrected chi connectivity index (χ2v) is 6.46. The predicted molar refractivity (Wildman–Crippen MR) is 74.0 cm³/mol. The number of thiophene rings is 1. The Morgan fingerprint density at radius 3 is 2.82 bits per heavy atom. The number of carbonyl (C=O) groups is 1. The van der Waals surface area contributed by atoms with E-state index in [2.05, 4.69) is 28.1 Å². The molecular formula is C14H11BrOS. The van der Waals surface area contributed by atoms with Crippen LogP contribution in [0.5, 0.6) is 0 Å². The number of hydrogen-bond donors (Lipinski definition) is 0. The number of benzene rings is 1. The van der Waals surface area contributed by atoms with E-state index in [1.165, 1.54) is 16.0 Å². The molecule has 0 saturated heterocycles. The van der Waals surface area contributed by atoms with Crippen molar-refractivity contribution in [3.8, 4) is 0 Å². The maximum Gasteiger partial charge on any atom is 0.181 e. The topological polar surface area (TPSA) is 17.1 Å². The lowest BCUT2D eigenvalue weighted by molar-refractivity contribution is 0.0952. The van der Waals surface area contributed by atoms with Crippen LogP contribution in [0.3, 0.4) is 0 Å². The van der Waals surface area contributed by atoms with E-state index in [9.17, 15) is 4.79 Å². The molecule has 1 aliphatic rings. The number of carbonyl (C=O) groups excluding carboxylic acids is 1. The molecule has 0 saturated carbocycles. The van der Waals surface area contributed by atoms with Crippen LogP contribution in [0.2, 0.25) is 0 Å². The Morgan fingerprint density at radius 1 is 1.41 bits per heavy atom. The van der Waals surface area contributed by atoms with Crippen molar-refractivity contribution in [2.45, 2.75) is 19.3 Å². The van der Waals surface area contributed by atoms with Crippen molar-refractivity contribution in [1.29, 1.82) is 0 Å². The van der Waals surface area contributed by atoms with E-state index in [0.717, 1.165) is 15.8 Å². The average molecular weight is 307 g/mol. The fraction of sp³-hybridized carbons (Fsp3) is 0.214. The summed E-state index contributed by atoms with van der Waals surface area (Å²) in [6.45, 7) is 2.03. The van der Waals surface area contributed by atoms with Gasteiger partial charge in [0.1, 0.15) is 0 Å². The number of halogens is 1. The van der Waals surface area contributed by atoms with E-state index < -0.39 is 0 Å². The minimum Gasteiger partial charge on any atom is -0.293 e. The summed E-state index contributed by atoms with van der Waals surface area (Å²) < 4.78 is 0.939. The van der Waals surface area contributed by atoms with E-state index in [-0.39, 0.29) is 11.7 Å². The number of rotatable bonds is 2. The molecule has 86 valence electrons. The summed E-state index contributed by atoms with van der Waals surface area (Å²) in [4.78, 5) is 14.4. The Hall–Kier alpha value is -0.930. The largest absolute Gasteiger partial charge is 0.293 e. The maximum absolute atomic E-state index is 12.4. The molecule has 1 aromatic heterocycles. The van der Waals surface area contributed by atoms with E-state index >= 15 is 0 Å². The number of hydrogen-bond acceptors (Lipinski definition) is 2. The van der Waals surface area contributed by atoms with Crippen molar-refractivity contribution in [2.75, 3.05) is 0 Å². The van der Waals surface area contributed by atoms with Crippen molar-refractivity contribution in [1.82, 2.24) is 0 Å². The monoisotopic (exact) mass is 306 g/mol. The molecule has 0 radical (unpaired) electrons. The van der Waals surface area contributed by atoms with Crippen LogP contribution in [-0.2, 0) is 6.42 Å². The van der Waals surface area contributed by atoms with Gasteiger partial charge in [0.2, 0.25) is 0 Å². The maximum atomic E-state index is 12.4. The highest BCUT2D eigenvalue weighted by molar-refractivity contribution is 9.10. The lowest BCUT2D eigenvalue weighted by Crippen LogP contribution is -2.24. The zero-order valence-electron chi connectivity index (χ0n) is 9.37. The van der Waals surface area contributed by atoms with Gasteiger partial charge in [-0.05, 0) is 46.5 Å². The summed E-state index contributed by atoms with van der Waals surface area (Å²) >= 11 is 5.05. The zero-order valence-corrected chi connectivity index (χ0v) is 11.8. The number of Topliss-reactive ketones (excluding diaryl/α,β-unsaturated/α-hetero) is 1. The molecule has 3 heteroatoms. The molecule has 1 aliphatic carbocycles. The van der Waals surface area contributed by atoms with Gasteiger partial charge in [0, 0.05) is 9.35 Å². The van der Waals surface area contributed by atoms with Crippen molar-refractivity contribution >= 4 is 33.0 Å². The van der Waals surface area contributed by atoms with Gasteiger partial charge in [0.15, 0.2) is 5.78 Å². The zero-order chi connectivity index (χ0) is 12.0. The van der Waals surface area contributed by atoms with Crippen molar-refractivity contribution in [3.63, 3.8) is 0 Å². The average Bonchev–Trinajstić information content (AvgIpc) is 2.59. The van der Waals surface area contributed by atoms with Gasteiger partial charge in [-0.15, -0.1) is 11.3 Å². The van der Waals surface area contributed by atoms with Gasteiger partial charge in [-0.1, -0.05) is 24.3 Å². The van der Waals surface area contributed by atoms with Crippen LogP contribution in [0.25, 0.3) is 0 Å². The second kappa shape index (κ2) is 4.07. The Morgan fingerprint density at radius 2 is 2.18 bits per heavy atom. The Bertz CT molecular complexity index is 600. The SMILES string of the molecule is Cc1cc(Br)c(C(=O)C2Cc3ccccc32)s1. The third kappa shape index (κ3) is 1.78. The Labute approximate surface area is 113 Å². The highest BCUT2D eigenvalue weighted by Crippen LogP contribution is 2.40. The molecule has 1 atom stereocenters. The van der Waals surface area contributed by atoms with Gasteiger partial charge in [-0.25, -0.2) is 0 Å². The van der Waals surface area contributed by atoms with Crippen LogP contribution in [0.15, 0.2) is 34.8 Å². The van der Waals surface area contributed by atoms with Gasteiger partial charge in [-0.2, -0.15) is 0 Å². The molecule has 0 fully saturated rings. The van der Waals surface area contributed by atoms with E-state index in [1.807, 2.05) is 25.1 Å². The highest BCUT2D eigenvalue weighted by Gasteiger charge is 2.33. The van der Waals surface area contributed by atoms with Crippen LogP contribution in [0.4, 0.5) is 0 Å². The van der Waals surface area contributed by atoms with Crippen LogP contribution in [-0.4, -0.2) is 5.78 Å². The van der Waals surface area contributed by atoms with Crippen molar-refractivity contribution in [2.24, 2.45) is 0 Å². The van der Waals surface area contributed by atoms with E-state index in [1.54, 1.807) is 11.3 Å². The molecule has 1 aromatic carbocycles. The first-order valence-corrected chi connectivity index (χ1v) is 7.15. The molecule has 2 aromatic rings. The third-order valence-electron chi connectivity index (χ3n) is 3.20. The number of ketones is 1. The summed E-state index contributed by atoms with van der Waals surface area (Å²) in [7, 11) is 0. The third-order valence-corrected chi connectivity index (χ3v) is 5.16. The summed E-state index contributed by atoms with van der Waals surface area (Å²) in [6, 6.07) is 10.2. The van der Waals surface area contributed by atoms with Crippen LogP contribution in [0.1, 0.15) is 31.6 Å². The summed E-state index contributed by atoms with van der Waals surface area (Å²) in [5.41, 5.74) is 2.52. The molecule has 1 nitrogen and oxygen atoms in total. The first kappa shape index (κ1) is 11.2. The fourth-order valence-corrected chi connectivity index (χ4v) is 4.13. The fourth-order valence-electron chi connectivity index (χ4n) is 2.30. The minimum absolute atomic E-state index is 0.0700. The van der Waals surface area contributed by atoms with Crippen molar-refractivity contribution in [3.05, 3.63) is 55.7 Å². The van der Waals surface area contributed by atoms with Gasteiger partial charge >= 0.3 is 0 Å². The lowest BCUT2D eigenvalue weighted by Gasteiger charge is -2.28. The highest BCUT2D eigenvalue weighted by atomic mass is 79.9. The molecule has 0 aliphatic heterocycles. The van der Waals surface area contributed by atoms with Crippen LogP contribution < -0.4 is 0 Å². The quantitative estimate of drug-likeness (QED) is 0.754. The second-order valence-electron chi connectivity index (χ2n) is 4.35. The van der Waals surface area contributed by atoms with Crippen LogP contribution >= 0.6 is 27.3 Å². The molecule has 17 heavy (non-hydrogen) atoms. The minimum atomic E-state index is 0.0700. The number of aryl methyl sites for hydroxylation is 1. The standard InChI is InChI=1S/C14H11BrOS/c1-8-6-12(15)14(17-8)13(16)11-7-9-4-2-3-5-10(9)11/h2-6,11H,7H2,1H3. The molecule has 0 spiro atoms. The Kier molecular flexibility index (Phi) is 2.68. The first-order valence-electron chi connectivity index (χ1n) is 5.55. The van der Waals surface area contributed by atoms with Crippen LogP contribution in [0, 0.1) is 6.92 Å². The molecule has 0 N–H and O–H groups in total. The van der Waals surface area contributed by atoms with E-state index in [4.69, 9.17) is 0 Å². The lowest BCUT2D eigenvalue weighted by atomic mass is 9.75. The predicted octanol–water partition coefficient (Wildman–Crippen LogP) is 4.34. The summed E-state index contributed by atoms with van der Waals surface area (Å²) in [5, 5.41) is 0. The first-order chi connectivity index (χ1) is 8.16. The normalized spacial score (nSPS) is 17.4. The van der Waals surface area contributed by atoms with E-state index in [0.29, 0.717) is 0 Å². The smallest absolute Gasteiger partial charge is 0.181 e. The van der Waals surface area contributed by atoms with Gasteiger partial charge < -0.3 is 0 Å². The molecule has 0 amide bonds. The molecule has 3 rings (SSSR count). The van der Waals surface area contributed by atoms with Gasteiger partial charge in [0.25, 0.3) is 0 Å². The summed E-state index contributed by atoms with van der Waals surface area (Å²) in [5.74, 6) is 0.328. The molecular weight excluding hydrogens is 296 g/mol. The Balaban J connectivity index is 1.94. The molecule has 1 heterocycles. The van der Waals surface area contributed by atoms with Crippen molar-refractivity contribution < 1.29 is 4.79 Å². The number of fused-ring (bicyclic) bond motifs is 1. The van der Waals surface area contributed by atoms with Gasteiger partial charge in [0.05, 0.1) is 10.8 Å².